The van der Waals surface area contributed by atoms with Gasteiger partial charge < -0.3 is 9.84 Å². The van der Waals surface area contributed by atoms with Gasteiger partial charge in [-0.15, -0.1) is 11.3 Å². The highest BCUT2D eigenvalue weighted by Gasteiger charge is 2.53. The molecule has 0 atom stereocenters. The van der Waals surface area contributed by atoms with Crippen molar-refractivity contribution >= 4 is 17.3 Å². The van der Waals surface area contributed by atoms with E-state index in [-0.39, 0.29) is 17.3 Å². The van der Waals surface area contributed by atoms with E-state index in [1.165, 1.54) is 4.88 Å². The standard InChI is InChI=1S/C12H16O3S/c1-11(2,6-10(13)14)12(7-15-8-12)9-4-3-5-16-9/h3-5H,6-8H2,1-2H3,(H,13,14). The third-order valence-corrected chi connectivity index (χ3v) is 4.65. The van der Waals surface area contributed by atoms with Crippen LogP contribution in [0.25, 0.3) is 0 Å². The minimum atomic E-state index is -0.743. The lowest BCUT2D eigenvalue weighted by atomic mass is 9.61. The number of aliphatic carboxylic acids is 1. The average molecular weight is 240 g/mol. The fourth-order valence-corrected chi connectivity index (χ4v) is 3.35. The summed E-state index contributed by atoms with van der Waals surface area (Å²) >= 11 is 1.69. The lowest BCUT2D eigenvalue weighted by Crippen LogP contribution is -2.57. The van der Waals surface area contributed by atoms with E-state index in [4.69, 9.17) is 9.84 Å². The molecular weight excluding hydrogens is 224 g/mol. The molecule has 1 aromatic rings. The molecule has 1 aliphatic rings. The van der Waals surface area contributed by atoms with Gasteiger partial charge >= 0.3 is 5.97 Å². The number of thiophene rings is 1. The summed E-state index contributed by atoms with van der Waals surface area (Å²) < 4.78 is 5.34. The lowest BCUT2D eigenvalue weighted by Gasteiger charge is -2.51. The molecule has 88 valence electrons. The zero-order chi connectivity index (χ0) is 11.8. The SMILES string of the molecule is CC(C)(CC(=O)O)C1(c2cccs2)COC1. The van der Waals surface area contributed by atoms with Crippen molar-refractivity contribution in [2.45, 2.75) is 25.7 Å². The van der Waals surface area contributed by atoms with Crippen molar-refractivity contribution < 1.29 is 14.6 Å². The number of hydrogen-bond acceptors (Lipinski definition) is 3. The predicted octanol–water partition coefficient (Wildman–Crippen LogP) is 2.52. The molecule has 0 radical (unpaired) electrons. The fourth-order valence-electron chi connectivity index (χ4n) is 2.27. The molecule has 0 saturated carbocycles. The first-order chi connectivity index (χ1) is 7.48. The molecule has 1 aromatic heterocycles. The Morgan fingerprint density at radius 1 is 1.62 bits per heavy atom. The van der Waals surface area contributed by atoms with Crippen molar-refractivity contribution in [2.75, 3.05) is 13.2 Å². The Bertz CT molecular complexity index is 377. The Hall–Kier alpha value is -0.870. The third-order valence-electron chi connectivity index (χ3n) is 3.58. The highest BCUT2D eigenvalue weighted by molar-refractivity contribution is 7.10. The first-order valence-electron chi connectivity index (χ1n) is 5.31. The van der Waals surface area contributed by atoms with Crippen LogP contribution >= 0.6 is 11.3 Å². The van der Waals surface area contributed by atoms with Crippen LogP contribution in [-0.2, 0) is 14.9 Å². The van der Waals surface area contributed by atoms with E-state index in [0.717, 1.165) is 0 Å². The van der Waals surface area contributed by atoms with E-state index in [9.17, 15) is 4.79 Å². The van der Waals surface area contributed by atoms with Gasteiger partial charge in [0.15, 0.2) is 0 Å². The van der Waals surface area contributed by atoms with Gasteiger partial charge in [0.2, 0.25) is 0 Å². The van der Waals surface area contributed by atoms with Gasteiger partial charge in [-0.2, -0.15) is 0 Å². The van der Waals surface area contributed by atoms with Crippen molar-refractivity contribution in [2.24, 2.45) is 5.41 Å². The fraction of sp³-hybridized carbons (Fsp3) is 0.583. The van der Waals surface area contributed by atoms with E-state index in [1.54, 1.807) is 11.3 Å². The van der Waals surface area contributed by atoms with Crippen LogP contribution in [0.4, 0.5) is 0 Å². The molecule has 1 fully saturated rings. The van der Waals surface area contributed by atoms with Crippen LogP contribution in [0, 0.1) is 5.41 Å². The summed E-state index contributed by atoms with van der Waals surface area (Å²) in [6.45, 7) is 5.30. The third kappa shape index (κ3) is 1.66. The van der Waals surface area contributed by atoms with Crippen LogP contribution < -0.4 is 0 Å². The summed E-state index contributed by atoms with van der Waals surface area (Å²) in [6.07, 6.45) is 0.175. The average Bonchev–Trinajstić information content (AvgIpc) is 2.50. The molecule has 2 heterocycles. The minimum Gasteiger partial charge on any atom is -0.481 e. The van der Waals surface area contributed by atoms with Crippen LogP contribution in [-0.4, -0.2) is 24.3 Å². The van der Waals surface area contributed by atoms with Gasteiger partial charge in [-0.05, 0) is 16.9 Å². The molecule has 1 aliphatic heterocycles. The summed E-state index contributed by atoms with van der Waals surface area (Å²) in [5.41, 5.74) is -0.387. The van der Waals surface area contributed by atoms with Crippen LogP contribution in [0.15, 0.2) is 17.5 Å². The second kappa shape index (κ2) is 3.86. The largest absolute Gasteiger partial charge is 0.481 e. The minimum absolute atomic E-state index is 0.112. The maximum absolute atomic E-state index is 10.9. The Morgan fingerprint density at radius 2 is 2.31 bits per heavy atom. The Morgan fingerprint density at radius 3 is 2.69 bits per heavy atom. The number of carboxylic acids is 1. The molecule has 0 bridgehead atoms. The van der Waals surface area contributed by atoms with Crippen LogP contribution in [0.1, 0.15) is 25.1 Å². The molecule has 16 heavy (non-hydrogen) atoms. The van der Waals surface area contributed by atoms with Crippen molar-refractivity contribution in [3.05, 3.63) is 22.4 Å². The first kappa shape index (κ1) is 11.6. The maximum atomic E-state index is 10.9. The number of carbonyl (C=O) groups is 1. The normalized spacial score (nSPS) is 19.1. The quantitative estimate of drug-likeness (QED) is 0.879. The Kier molecular flexibility index (Phi) is 2.80. The second-order valence-corrected chi connectivity index (χ2v) is 5.95. The molecule has 3 nitrogen and oxygen atoms in total. The van der Waals surface area contributed by atoms with Gasteiger partial charge in [0.1, 0.15) is 0 Å². The smallest absolute Gasteiger partial charge is 0.303 e. The summed E-state index contributed by atoms with van der Waals surface area (Å²) in [7, 11) is 0. The van der Waals surface area contributed by atoms with Crippen molar-refractivity contribution in [3.63, 3.8) is 0 Å². The van der Waals surface area contributed by atoms with Crippen molar-refractivity contribution in [3.8, 4) is 0 Å². The number of ether oxygens (including phenoxy) is 1. The summed E-state index contributed by atoms with van der Waals surface area (Å²) in [5.74, 6) is -0.743. The molecule has 1 N–H and O–H groups in total. The molecule has 0 amide bonds. The number of rotatable bonds is 4. The lowest BCUT2D eigenvalue weighted by molar-refractivity contribution is -0.150. The predicted molar refractivity (Wildman–Crippen MR) is 62.8 cm³/mol. The molecular formula is C12H16O3S. The second-order valence-electron chi connectivity index (χ2n) is 5.01. The van der Waals surface area contributed by atoms with Gasteiger partial charge in [-0.25, -0.2) is 0 Å². The van der Waals surface area contributed by atoms with E-state index < -0.39 is 5.97 Å². The van der Waals surface area contributed by atoms with E-state index in [2.05, 4.69) is 6.07 Å². The van der Waals surface area contributed by atoms with Crippen LogP contribution in [0.5, 0.6) is 0 Å². The van der Waals surface area contributed by atoms with Gasteiger partial charge in [0.05, 0.1) is 25.0 Å². The highest BCUT2D eigenvalue weighted by atomic mass is 32.1. The van der Waals surface area contributed by atoms with Crippen LogP contribution in [0.2, 0.25) is 0 Å². The molecule has 0 unspecified atom stereocenters. The van der Waals surface area contributed by atoms with Crippen molar-refractivity contribution in [1.82, 2.24) is 0 Å². The topological polar surface area (TPSA) is 46.5 Å². The van der Waals surface area contributed by atoms with E-state index in [1.807, 2.05) is 25.3 Å². The first-order valence-corrected chi connectivity index (χ1v) is 6.19. The number of hydrogen-bond donors (Lipinski definition) is 1. The summed E-state index contributed by atoms with van der Waals surface area (Å²) in [6, 6.07) is 4.09. The zero-order valence-electron chi connectivity index (χ0n) is 9.53. The van der Waals surface area contributed by atoms with Crippen LogP contribution in [0.3, 0.4) is 0 Å². The maximum Gasteiger partial charge on any atom is 0.303 e. The Balaban J connectivity index is 2.31. The van der Waals surface area contributed by atoms with E-state index in [0.29, 0.717) is 13.2 Å². The molecule has 0 aromatic carbocycles. The van der Waals surface area contributed by atoms with Gasteiger partial charge in [0.25, 0.3) is 0 Å². The molecule has 2 rings (SSSR count). The molecule has 1 saturated heterocycles. The highest BCUT2D eigenvalue weighted by Crippen LogP contribution is 2.50. The van der Waals surface area contributed by atoms with E-state index >= 15 is 0 Å². The number of carboxylic acid groups (broad SMARTS) is 1. The summed E-state index contributed by atoms with van der Waals surface area (Å²) in [4.78, 5) is 12.2. The van der Waals surface area contributed by atoms with Crippen molar-refractivity contribution in [1.29, 1.82) is 0 Å². The van der Waals surface area contributed by atoms with Gasteiger partial charge in [-0.1, -0.05) is 19.9 Å². The monoisotopic (exact) mass is 240 g/mol. The van der Waals surface area contributed by atoms with Gasteiger partial charge in [0, 0.05) is 4.88 Å². The zero-order valence-corrected chi connectivity index (χ0v) is 10.3. The molecule has 0 spiro atoms. The summed E-state index contributed by atoms with van der Waals surface area (Å²) in [5, 5.41) is 11.0. The van der Waals surface area contributed by atoms with Gasteiger partial charge in [-0.3, -0.25) is 4.79 Å². The molecule has 4 heteroatoms. The Labute approximate surface area is 99.1 Å². The molecule has 0 aliphatic carbocycles.